The zero-order valence-corrected chi connectivity index (χ0v) is 10.8. The minimum absolute atomic E-state index is 0.124. The third-order valence-electron chi connectivity index (χ3n) is 2.18. The van der Waals surface area contributed by atoms with Gasteiger partial charge in [-0.15, -0.1) is 0 Å². The Kier molecular flexibility index (Phi) is 4.69. The summed E-state index contributed by atoms with van der Waals surface area (Å²) in [6.45, 7) is 1.94. The lowest BCUT2D eigenvalue weighted by Gasteiger charge is -2.06. The molecule has 0 radical (unpaired) electrons. The number of rotatable bonds is 6. The van der Waals surface area contributed by atoms with Crippen LogP contribution in [0.15, 0.2) is 29.2 Å². The van der Waals surface area contributed by atoms with Crippen LogP contribution in [-0.2, 0) is 14.6 Å². The molecule has 0 spiro atoms. The molecule has 1 rings (SSSR count). The van der Waals surface area contributed by atoms with Crippen molar-refractivity contribution in [1.82, 2.24) is 0 Å². The first-order valence-corrected chi connectivity index (χ1v) is 7.21. The molecule has 0 heterocycles. The molecule has 0 amide bonds. The minimum atomic E-state index is -3.20. The van der Waals surface area contributed by atoms with E-state index in [9.17, 15) is 13.2 Å². The highest BCUT2D eigenvalue weighted by Gasteiger charge is 2.07. The Morgan fingerprint density at radius 1 is 1.35 bits per heavy atom. The lowest BCUT2D eigenvalue weighted by Crippen LogP contribution is -2.02. The molecular weight excluding hydrogens is 240 g/mol. The van der Waals surface area contributed by atoms with Gasteiger partial charge in [0.15, 0.2) is 9.84 Å². The van der Waals surface area contributed by atoms with Gasteiger partial charge >= 0.3 is 0 Å². The molecule has 0 aliphatic heterocycles. The third kappa shape index (κ3) is 4.99. The first kappa shape index (κ1) is 13.7. The number of carbonyl (C=O) groups is 1. The number of ketones is 1. The molecule has 0 saturated heterocycles. The highest BCUT2D eigenvalue weighted by atomic mass is 32.2. The first-order chi connectivity index (χ1) is 7.89. The summed E-state index contributed by atoms with van der Waals surface area (Å²) in [5.74, 6) is 0.634. The van der Waals surface area contributed by atoms with Crippen LogP contribution >= 0.6 is 0 Å². The molecule has 0 aliphatic carbocycles. The second-order valence-electron chi connectivity index (χ2n) is 3.90. The lowest BCUT2D eigenvalue weighted by molar-refractivity contribution is -0.117. The molecule has 0 atom stereocenters. The van der Waals surface area contributed by atoms with E-state index in [1.807, 2.05) is 0 Å². The molecule has 0 aliphatic rings. The van der Waals surface area contributed by atoms with E-state index in [4.69, 9.17) is 4.74 Å². The van der Waals surface area contributed by atoms with E-state index in [-0.39, 0.29) is 10.7 Å². The number of ether oxygens (including phenoxy) is 1. The molecule has 94 valence electrons. The Bertz CT molecular complexity index is 491. The molecule has 4 nitrogen and oxygen atoms in total. The summed E-state index contributed by atoms with van der Waals surface area (Å²) in [6, 6.07) is 6.35. The van der Waals surface area contributed by atoms with Crippen LogP contribution < -0.4 is 4.74 Å². The molecule has 5 heteroatoms. The van der Waals surface area contributed by atoms with Crippen LogP contribution in [0.25, 0.3) is 0 Å². The van der Waals surface area contributed by atoms with Gasteiger partial charge in [-0.1, -0.05) is 6.07 Å². The second kappa shape index (κ2) is 5.82. The molecule has 0 unspecified atom stereocenters. The summed E-state index contributed by atoms with van der Waals surface area (Å²) in [5.41, 5.74) is 0. The van der Waals surface area contributed by atoms with E-state index in [1.54, 1.807) is 12.1 Å². The zero-order chi connectivity index (χ0) is 12.9. The van der Waals surface area contributed by atoms with Crippen molar-refractivity contribution in [3.05, 3.63) is 24.3 Å². The Balaban J connectivity index is 2.58. The largest absolute Gasteiger partial charge is 0.494 e. The summed E-state index contributed by atoms with van der Waals surface area (Å²) in [4.78, 5) is 10.9. The molecule has 0 aromatic heterocycles. The van der Waals surface area contributed by atoms with Gasteiger partial charge in [0.2, 0.25) is 0 Å². The van der Waals surface area contributed by atoms with Gasteiger partial charge in [-0.25, -0.2) is 8.42 Å². The molecule has 17 heavy (non-hydrogen) atoms. The Labute approximate surface area is 102 Å². The smallest absolute Gasteiger partial charge is 0.175 e. The third-order valence-corrected chi connectivity index (χ3v) is 3.29. The van der Waals surface area contributed by atoms with Crippen LogP contribution in [0.2, 0.25) is 0 Å². The second-order valence-corrected chi connectivity index (χ2v) is 5.92. The average molecular weight is 256 g/mol. The SMILES string of the molecule is CC(=O)CCCOc1cccc(S(C)(=O)=O)c1. The lowest BCUT2D eigenvalue weighted by atomic mass is 10.2. The van der Waals surface area contributed by atoms with Crippen LogP contribution in [0.1, 0.15) is 19.8 Å². The van der Waals surface area contributed by atoms with Crippen molar-refractivity contribution >= 4 is 15.6 Å². The van der Waals surface area contributed by atoms with E-state index in [0.717, 1.165) is 6.26 Å². The van der Waals surface area contributed by atoms with Crippen LogP contribution in [0, 0.1) is 0 Å². The van der Waals surface area contributed by atoms with Crippen LogP contribution in [0.3, 0.4) is 0 Å². The number of hydrogen-bond donors (Lipinski definition) is 0. The van der Waals surface area contributed by atoms with Gasteiger partial charge in [0.1, 0.15) is 11.5 Å². The Morgan fingerprint density at radius 2 is 2.06 bits per heavy atom. The highest BCUT2D eigenvalue weighted by Crippen LogP contribution is 2.17. The molecule has 1 aromatic carbocycles. The molecule has 0 N–H and O–H groups in total. The van der Waals surface area contributed by atoms with Gasteiger partial charge in [-0.2, -0.15) is 0 Å². The number of benzene rings is 1. The number of carbonyl (C=O) groups excluding carboxylic acids is 1. The maximum Gasteiger partial charge on any atom is 0.175 e. The number of sulfone groups is 1. The zero-order valence-electron chi connectivity index (χ0n) is 9.97. The van der Waals surface area contributed by atoms with Crippen molar-refractivity contribution in [3.63, 3.8) is 0 Å². The summed E-state index contributed by atoms with van der Waals surface area (Å²) >= 11 is 0. The van der Waals surface area contributed by atoms with E-state index in [1.165, 1.54) is 19.1 Å². The van der Waals surface area contributed by atoms with E-state index < -0.39 is 9.84 Å². The van der Waals surface area contributed by atoms with Gasteiger partial charge < -0.3 is 9.53 Å². The van der Waals surface area contributed by atoms with Crippen LogP contribution in [0.5, 0.6) is 5.75 Å². The topological polar surface area (TPSA) is 60.4 Å². The molecular formula is C12H16O4S. The minimum Gasteiger partial charge on any atom is -0.494 e. The van der Waals surface area contributed by atoms with Crippen molar-refractivity contribution in [3.8, 4) is 5.75 Å². The quantitative estimate of drug-likeness (QED) is 0.729. The number of hydrogen-bond acceptors (Lipinski definition) is 4. The van der Waals surface area contributed by atoms with E-state index >= 15 is 0 Å². The van der Waals surface area contributed by atoms with Crippen molar-refractivity contribution in [2.24, 2.45) is 0 Å². The standard InChI is InChI=1S/C12H16O4S/c1-10(13)5-4-8-16-11-6-3-7-12(9-11)17(2,14)15/h3,6-7,9H,4-5,8H2,1-2H3. The summed E-state index contributed by atoms with van der Waals surface area (Å²) in [7, 11) is -3.20. The first-order valence-electron chi connectivity index (χ1n) is 5.32. The molecule has 1 aromatic rings. The van der Waals surface area contributed by atoms with Gasteiger partial charge in [0, 0.05) is 12.7 Å². The fourth-order valence-corrected chi connectivity index (χ4v) is 1.96. The molecule has 0 fully saturated rings. The van der Waals surface area contributed by atoms with Crippen LogP contribution in [0.4, 0.5) is 0 Å². The van der Waals surface area contributed by atoms with Crippen molar-refractivity contribution < 1.29 is 17.9 Å². The highest BCUT2D eigenvalue weighted by molar-refractivity contribution is 7.90. The molecule has 0 saturated carbocycles. The maximum atomic E-state index is 11.3. The number of Topliss-reactive ketones (excluding diaryl/α,β-unsaturated/α-hetero) is 1. The van der Waals surface area contributed by atoms with Gasteiger partial charge in [0.25, 0.3) is 0 Å². The monoisotopic (exact) mass is 256 g/mol. The van der Waals surface area contributed by atoms with Crippen molar-refractivity contribution in [1.29, 1.82) is 0 Å². The van der Waals surface area contributed by atoms with E-state index in [2.05, 4.69) is 0 Å². The Hall–Kier alpha value is -1.36. The van der Waals surface area contributed by atoms with Crippen molar-refractivity contribution in [2.45, 2.75) is 24.7 Å². The van der Waals surface area contributed by atoms with Crippen LogP contribution in [-0.4, -0.2) is 27.1 Å². The summed E-state index contributed by atoms with van der Waals surface area (Å²) in [5, 5.41) is 0. The van der Waals surface area contributed by atoms with Gasteiger partial charge in [-0.3, -0.25) is 0 Å². The fourth-order valence-electron chi connectivity index (χ4n) is 1.31. The average Bonchev–Trinajstić information content (AvgIpc) is 2.23. The maximum absolute atomic E-state index is 11.3. The Morgan fingerprint density at radius 3 is 2.65 bits per heavy atom. The van der Waals surface area contributed by atoms with Crippen molar-refractivity contribution in [2.75, 3.05) is 12.9 Å². The van der Waals surface area contributed by atoms with Gasteiger partial charge in [0.05, 0.1) is 11.5 Å². The van der Waals surface area contributed by atoms with E-state index in [0.29, 0.717) is 25.2 Å². The fraction of sp³-hybridized carbons (Fsp3) is 0.417. The predicted molar refractivity (Wildman–Crippen MR) is 65.0 cm³/mol. The van der Waals surface area contributed by atoms with Gasteiger partial charge in [-0.05, 0) is 31.5 Å². The summed E-state index contributed by atoms with van der Waals surface area (Å²) in [6.07, 6.45) is 2.27. The predicted octanol–water partition coefficient (Wildman–Crippen LogP) is 1.84. The molecule has 0 bridgehead atoms. The normalized spacial score (nSPS) is 11.2. The summed E-state index contributed by atoms with van der Waals surface area (Å²) < 4.78 is 28.0.